The van der Waals surface area contributed by atoms with Crippen molar-refractivity contribution in [3.8, 4) is 0 Å². The van der Waals surface area contributed by atoms with Crippen molar-refractivity contribution in [1.29, 1.82) is 0 Å². The van der Waals surface area contributed by atoms with Crippen LogP contribution in [0.15, 0.2) is 28.7 Å². The first kappa shape index (κ1) is 14.0. The molecule has 17 heavy (non-hydrogen) atoms. The average molecular weight is 300 g/mol. The fourth-order valence-electron chi connectivity index (χ4n) is 1.81. The number of halogens is 1. The number of ether oxygens (including phenoxy) is 1. The summed E-state index contributed by atoms with van der Waals surface area (Å²) < 4.78 is 5.75. The Balaban J connectivity index is 3.06. The third-order valence-corrected chi connectivity index (χ3v) is 3.30. The van der Waals surface area contributed by atoms with Gasteiger partial charge < -0.3 is 4.74 Å². The van der Waals surface area contributed by atoms with Crippen molar-refractivity contribution in [2.75, 3.05) is 12.0 Å². The minimum absolute atomic E-state index is 0.117. The van der Waals surface area contributed by atoms with E-state index in [0.29, 0.717) is 0 Å². The van der Waals surface area contributed by atoms with E-state index in [0.717, 1.165) is 23.0 Å². The molecule has 0 aliphatic carbocycles. The Morgan fingerprint density at radius 2 is 2.12 bits per heavy atom. The highest BCUT2D eigenvalue weighted by molar-refractivity contribution is 9.10. The van der Waals surface area contributed by atoms with Crippen molar-refractivity contribution in [2.45, 2.75) is 32.7 Å². The Morgan fingerprint density at radius 1 is 1.47 bits per heavy atom. The molecule has 4 heteroatoms. The van der Waals surface area contributed by atoms with Gasteiger partial charge in [0.2, 0.25) is 0 Å². The molecule has 1 aromatic rings. The number of nitrogens with zero attached hydrogens (tertiary/aromatic N) is 1. The third-order valence-electron chi connectivity index (χ3n) is 2.63. The smallest absolute Gasteiger partial charge is 0.414 e. The standard InChI is InChI=1S/C13H18BrNO2/c1-4-7-10(2)15(13(16)17-3)12-9-6-5-8-11(12)14/h5-6,8-10H,4,7H2,1-3H3. The number of amides is 1. The van der Waals surface area contributed by atoms with Gasteiger partial charge in [-0.1, -0.05) is 25.5 Å². The van der Waals surface area contributed by atoms with E-state index in [1.165, 1.54) is 7.11 Å². The molecule has 1 unspecified atom stereocenters. The minimum atomic E-state index is -0.321. The Labute approximate surface area is 111 Å². The van der Waals surface area contributed by atoms with Crippen LogP contribution < -0.4 is 4.90 Å². The quantitative estimate of drug-likeness (QED) is 0.833. The Kier molecular flexibility index (Phi) is 5.48. The zero-order valence-electron chi connectivity index (χ0n) is 10.4. The molecule has 1 amide bonds. The highest BCUT2D eigenvalue weighted by Crippen LogP contribution is 2.28. The van der Waals surface area contributed by atoms with Gasteiger partial charge in [0, 0.05) is 10.5 Å². The molecule has 0 fully saturated rings. The van der Waals surface area contributed by atoms with Crippen molar-refractivity contribution in [2.24, 2.45) is 0 Å². The van der Waals surface area contributed by atoms with Crippen LogP contribution in [0.25, 0.3) is 0 Å². The van der Waals surface area contributed by atoms with Gasteiger partial charge in [-0.15, -0.1) is 0 Å². The van der Waals surface area contributed by atoms with E-state index in [4.69, 9.17) is 4.74 Å². The van der Waals surface area contributed by atoms with Gasteiger partial charge in [0.15, 0.2) is 0 Å². The molecule has 0 bridgehead atoms. The molecular formula is C13H18BrNO2. The zero-order chi connectivity index (χ0) is 12.8. The highest BCUT2D eigenvalue weighted by atomic mass is 79.9. The lowest BCUT2D eigenvalue weighted by Gasteiger charge is -2.28. The summed E-state index contributed by atoms with van der Waals surface area (Å²) in [6, 6.07) is 7.78. The van der Waals surface area contributed by atoms with Crippen LogP contribution in [-0.2, 0) is 4.74 Å². The van der Waals surface area contributed by atoms with Gasteiger partial charge in [-0.2, -0.15) is 0 Å². The summed E-state index contributed by atoms with van der Waals surface area (Å²) >= 11 is 3.46. The first-order valence-electron chi connectivity index (χ1n) is 5.73. The lowest BCUT2D eigenvalue weighted by atomic mass is 10.1. The molecule has 0 N–H and O–H groups in total. The molecule has 0 heterocycles. The maximum absolute atomic E-state index is 11.9. The van der Waals surface area contributed by atoms with E-state index in [1.807, 2.05) is 31.2 Å². The highest BCUT2D eigenvalue weighted by Gasteiger charge is 2.23. The number of rotatable bonds is 4. The van der Waals surface area contributed by atoms with Crippen LogP contribution >= 0.6 is 15.9 Å². The second kappa shape index (κ2) is 6.64. The van der Waals surface area contributed by atoms with Crippen LogP contribution in [0.1, 0.15) is 26.7 Å². The first-order chi connectivity index (χ1) is 8.11. The molecule has 1 atom stereocenters. The maximum Gasteiger partial charge on any atom is 0.414 e. The first-order valence-corrected chi connectivity index (χ1v) is 6.52. The van der Waals surface area contributed by atoms with Crippen molar-refractivity contribution in [3.05, 3.63) is 28.7 Å². The zero-order valence-corrected chi connectivity index (χ0v) is 12.0. The van der Waals surface area contributed by atoms with Gasteiger partial charge in [-0.25, -0.2) is 4.79 Å². The molecule has 0 radical (unpaired) electrons. The van der Waals surface area contributed by atoms with Crippen LogP contribution in [-0.4, -0.2) is 19.2 Å². The number of carbonyl (C=O) groups excluding carboxylic acids is 1. The Hall–Kier alpha value is -1.03. The summed E-state index contributed by atoms with van der Waals surface area (Å²) in [5, 5.41) is 0. The molecule has 0 aliphatic heterocycles. The predicted molar refractivity (Wildman–Crippen MR) is 73.4 cm³/mol. The summed E-state index contributed by atoms with van der Waals surface area (Å²) in [5.74, 6) is 0. The summed E-state index contributed by atoms with van der Waals surface area (Å²) in [5.41, 5.74) is 0.848. The normalized spacial score (nSPS) is 12.0. The van der Waals surface area contributed by atoms with E-state index in [9.17, 15) is 4.79 Å². The van der Waals surface area contributed by atoms with Gasteiger partial charge >= 0.3 is 6.09 Å². The number of methoxy groups -OCH3 is 1. The number of carbonyl (C=O) groups is 1. The van der Waals surface area contributed by atoms with Gasteiger partial charge in [0.25, 0.3) is 0 Å². The predicted octanol–water partition coefficient (Wildman–Crippen LogP) is 4.21. The molecule has 94 valence electrons. The lowest BCUT2D eigenvalue weighted by Crippen LogP contribution is -2.38. The molecule has 1 rings (SSSR count). The molecule has 3 nitrogen and oxygen atoms in total. The van der Waals surface area contributed by atoms with Crippen molar-refractivity contribution in [1.82, 2.24) is 0 Å². The van der Waals surface area contributed by atoms with Crippen LogP contribution in [0.3, 0.4) is 0 Å². The third kappa shape index (κ3) is 3.46. The molecule has 1 aromatic carbocycles. The van der Waals surface area contributed by atoms with Crippen molar-refractivity contribution < 1.29 is 9.53 Å². The summed E-state index contributed by atoms with van der Waals surface area (Å²) in [7, 11) is 1.41. The van der Waals surface area contributed by atoms with Crippen molar-refractivity contribution >= 4 is 27.7 Å². The van der Waals surface area contributed by atoms with Crippen molar-refractivity contribution in [3.63, 3.8) is 0 Å². The van der Waals surface area contributed by atoms with E-state index < -0.39 is 0 Å². The van der Waals surface area contributed by atoms with Gasteiger partial charge in [0.1, 0.15) is 0 Å². The molecule has 0 spiro atoms. The van der Waals surface area contributed by atoms with E-state index in [1.54, 1.807) is 4.90 Å². The van der Waals surface area contributed by atoms with Gasteiger partial charge in [-0.05, 0) is 41.4 Å². The monoisotopic (exact) mass is 299 g/mol. The second-order valence-electron chi connectivity index (χ2n) is 3.93. The Bertz CT molecular complexity index is 381. The molecule has 0 aromatic heterocycles. The molecular weight excluding hydrogens is 282 g/mol. The summed E-state index contributed by atoms with van der Waals surface area (Å²) in [6.07, 6.45) is 1.65. The fraction of sp³-hybridized carbons (Fsp3) is 0.462. The molecule has 0 saturated carbocycles. The Morgan fingerprint density at radius 3 is 2.65 bits per heavy atom. The fourth-order valence-corrected chi connectivity index (χ4v) is 2.28. The summed E-state index contributed by atoms with van der Waals surface area (Å²) in [6.45, 7) is 4.13. The van der Waals surface area contributed by atoms with E-state index >= 15 is 0 Å². The van der Waals surface area contributed by atoms with Gasteiger partial charge in [0.05, 0.1) is 12.8 Å². The largest absolute Gasteiger partial charge is 0.452 e. The SMILES string of the molecule is CCCC(C)N(C(=O)OC)c1ccccc1Br. The van der Waals surface area contributed by atoms with E-state index in [-0.39, 0.29) is 12.1 Å². The minimum Gasteiger partial charge on any atom is -0.452 e. The topological polar surface area (TPSA) is 29.5 Å². The number of para-hydroxylation sites is 1. The van der Waals surface area contributed by atoms with E-state index in [2.05, 4.69) is 22.9 Å². The molecule has 0 aliphatic rings. The lowest BCUT2D eigenvalue weighted by molar-refractivity contribution is 0.176. The van der Waals surface area contributed by atoms with Crippen LogP contribution in [0.2, 0.25) is 0 Å². The van der Waals surface area contributed by atoms with Crippen LogP contribution in [0.4, 0.5) is 10.5 Å². The second-order valence-corrected chi connectivity index (χ2v) is 4.78. The average Bonchev–Trinajstić information content (AvgIpc) is 2.32. The maximum atomic E-state index is 11.9. The number of hydrogen-bond donors (Lipinski definition) is 0. The number of hydrogen-bond acceptors (Lipinski definition) is 2. The number of benzene rings is 1. The molecule has 0 saturated heterocycles. The van der Waals surface area contributed by atoms with Crippen LogP contribution in [0, 0.1) is 0 Å². The van der Waals surface area contributed by atoms with Crippen LogP contribution in [0.5, 0.6) is 0 Å². The van der Waals surface area contributed by atoms with Gasteiger partial charge in [-0.3, -0.25) is 4.90 Å². The summed E-state index contributed by atoms with van der Waals surface area (Å²) in [4.78, 5) is 13.6. The number of anilines is 1.